The van der Waals surface area contributed by atoms with E-state index in [1.807, 2.05) is 24.1 Å². The number of rotatable bonds is 2. The summed E-state index contributed by atoms with van der Waals surface area (Å²) in [7, 11) is 1.87. The number of carbonyl (C=O) groups is 1. The summed E-state index contributed by atoms with van der Waals surface area (Å²) in [5, 5.41) is 15.4. The summed E-state index contributed by atoms with van der Waals surface area (Å²) in [6, 6.07) is 4.12. The van der Waals surface area contributed by atoms with E-state index in [-0.39, 0.29) is 18.0 Å². The van der Waals surface area contributed by atoms with Gasteiger partial charge in [0.05, 0.1) is 10.6 Å². The zero-order chi connectivity index (χ0) is 17.1. The van der Waals surface area contributed by atoms with Crippen molar-refractivity contribution in [3.8, 4) is 0 Å². The lowest BCUT2D eigenvalue weighted by atomic mass is 9.83. The third-order valence-corrected chi connectivity index (χ3v) is 6.82. The largest absolute Gasteiger partial charge is 0.383 e. The first kappa shape index (κ1) is 15.8. The number of amides is 1. The number of hydrogen-bond donors (Lipinski definition) is 1. The van der Waals surface area contributed by atoms with Crippen molar-refractivity contribution in [3.05, 3.63) is 39.3 Å². The standard InChI is InChI=1S/C18H23N3O2S/c1-11-8-15(24-12(11)2)17(22)21-13-4-5-14(21)10-18(23,9-13)16-6-7-19-20(16)3/h6-8,13-14,23H,4-5,9-10H2,1-3H3. The van der Waals surface area contributed by atoms with Gasteiger partial charge in [0.25, 0.3) is 5.91 Å². The summed E-state index contributed by atoms with van der Waals surface area (Å²) in [4.78, 5) is 17.1. The van der Waals surface area contributed by atoms with Gasteiger partial charge in [-0.15, -0.1) is 11.3 Å². The van der Waals surface area contributed by atoms with Gasteiger partial charge < -0.3 is 10.0 Å². The molecule has 6 heteroatoms. The van der Waals surface area contributed by atoms with E-state index in [9.17, 15) is 9.90 Å². The van der Waals surface area contributed by atoms with Crippen LogP contribution in [-0.4, -0.2) is 37.8 Å². The first-order valence-electron chi connectivity index (χ1n) is 8.49. The maximum atomic E-state index is 13.0. The molecule has 4 rings (SSSR count). The molecule has 0 aliphatic carbocycles. The van der Waals surface area contributed by atoms with Crippen molar-refractivity contribution in [2.75, 3.05) is 0 Å². The Morgan fingerprint density at radius 1 is 1.33 bits per heavy atom. The van der Waals surface area contributed by atoms with Crippen molar-refractivity contribution in [3.63, 3.8) is 0 Å². The zero-order valence-electron chi connectivity index (χ0n) is 14.3. The van der Waals surface area contributed by atoms with Gasteiger partial charge in [-0.2, -0.15) is 5.10 Å². The molecule has 1 N–H and O–H groups in total. The Hall–Kier alpha value is -1.66. The number of carbonyl (C=O) groups excluding carboxylic acids is 1. The Labute approximate surface area is 145 Å². The zero-order valence-corrected chi connectivity index (χ0v) is 15.1. The van der Waals surface area contributed by atoms with E-state index in [1.54, 1.807) is 22.2 Å². The highest BCUT2D eigenvalue weighted by Gasteiger charge is 2.51. The van der Waals surface area contributed by atoms with Crippen LogP contribution in [0.5, 0.6) is 0 Å². The second kappa shape index (κ2) is 5.43. The summed E-state index contributed by atoms with van der Waals surface area (Å²) < 4.78 is 1.75. The molecule has 2 atom stereocenters. The molecule has 4 heterocycles. The van der Waals surface area contributed by atoms with Crippen LogP contribution in [0.2, 0.25) is 0 Å². The second-order valence-corrected chi connectivity index (χ2v) is 8.48. The van der Waals surface area contributed by atoms with Gasteiger partial charge in [0.2, 0.25) is 0 Å². The molecule has 2 aliphatic heterocycles. The van der Waals surface area contributed by atoms with Gasteiger partial charge in [0.15, 0.2) is 0 Å². The number of fused-ring (bicyclic) bond motifs is 2. The molecule has 1 amide bonds. The van der Waals surface area contributed by atoms with Crippen LogP contribution >= 0.6 is 11.3 Å². The molecule has 2 unspecified atom stereocenters. The van der Waals surface area contributed by atoms with E-state index < -0.39 is 5.60 Å². The summed E-state index contributed by atoms with van der Waals surface area (Å²) in [6.07, 6.45) is 4.86. The molecule has 2 aliphatic rings. The van der Waals surface area contributed by atoms with E-state index in [0.29, 0.717) is 12.8 Å². The number of aromatic nitrogens is 2. The van der Waals surface area contributed by atoms with Crippen molar-refractivity contribution in [2.24, 2.45) is 7.05 Å². The van der Waals surface area contributed by atoms with Crippen molar-refractivity contribution >= 4 is 17.2 Å². The Morgan fingerprint density at radius 3 is 2.50 bits per heavy atom. The van der Waals surface area contributed by atoms with Crippen LogP contribution in [0, 0.1) is 13.8 Å². The molecule has 128 valence electrons. The van der Waals surface area contributed by atoms with Gasteiger partial charge in [0, 0.05) is 43.0 Å². The summed E-state index contributed by atoms with van der Waals surface area (Å²) in [6.45, 7) is 4.11. The molecule has 2 saturated heterocycles. The molecule has 0 aromatic carbocycles. The van der Waals surface area contributed by atoms with Gasteiger partial charge >= 0.3 is 0 Å². The Kier molecular flexibility index (Phi) is 3.58. The molecule has 2 fully saturated rings. The molecule has 0 saturated carbocycles. The van der Waals surface area contributed by atoms with Gasteiger partial charge in [-0.1, -0.05) is 0 Å². The van der Waals surface area contributed by atoms with Crippen LogP contribution < -0.4 is 0 Å². The Morgan fingerprint density at radius 2 is 2.00 bits per heavy atom. The fourth-order valence-corrected chi connectivity index (χ4v) is 5.38. The molecule has 24 heavy (non-hydrogen) atoms. The predicted molar refractivity (Wildman–Crippen MR) is 93.1 cm³/mol. The second-order valence-electron chi connectivity index (χ2n) is 7.23. The smallest absolute Gasteiger partial charge is 0.264 e. The number of aliphatic hydroxyl groups is 1. The summed E-state index contributed by atoms with van der Waals surface area (Å²) in [5.74, 6) is 0.135. The average Bonchev–Trinajstić information content (AvgIpc) is 3.18. The van der Waals surface area contributed by atoms with Crippen molar-refractivity contribution < 1.29 is 9.90 Å². The Balaban J connectivity index is 1.61. The topological polar surface area (TPSA) is 58.4 Å². The van der Waals surface area contributed by atoms with Crippen LogP contribution in [0.25, 0.3) is 0 Å². The highest BCUT2D eigenvalue weighted by molar-refractivity contribution is 7.14. The maximum Gasteiger partial charge on any atom is 0.264 e. The first-order chi connectivity index (χ1) is 11.4. The molecular formula is C18H23N3O2S. The minimum absolute atomic E-state index is 0.110. The molecule has 2 bridgehead atoms. The molecule has 0 radical (unpaired) electrons. The van der Waals surface area contributed by atoms with E-state index in [1.165, 1.54) is 10.4 Å². The normalized spacial score (nSPS) is 29.2. The van der Waals surface area contributed by atoms with Crippen LogP contribution in [0.15, 0.2) is 18.3 Å². The van der Waals surface area contributed by atoms with Crippen molar-refractivity contribution in [2.45, 2.75) is 57.2 Å². The minimum atomic E-state index is -0.880. The first-order valence-corrected chi connectivity index (χ1v) is 9.31. The predicted octanol–water partition coefficient (Wildman–Crippen LogP) is 2.75. The minimum Gasteiger partial charge on any atom is -0.383 e. The SMILES string of the molecule is Cc1cc(C(=O)N2C3CCC2CC(O)(c2ccnn2C)C3)sc1C. The average molecular weight is 345 g/mol. The number of hydrogen-bond acceptors (Lipinski definition) is 4. The fraction of sp³-hybridized carbons (Fsp3) is 0.556. The van der Waals surface area contributed by atoms with Crippen molar-refractivity contribution in [1.29, 1.82) is 0 Å². The highest BCUT2D eigenvalue weighted by atomic mass is 32.1. The van der Waals surface area contributed by atoms with Crippen LogP contribution in [0.3, 0.4) is 0 Å². The van der Waals surface area contributed by atoms with E-state index in [4.69, 9.17) is 0 Å². The number of piperidine rings is 1. The molecule has 5 nitrogen and oxygen atoms in total. The molecular weight excluding hydrogens is 322 g/mol. The van der Waals surface area contributed by atoms with E-state index in [0.717, 1.165) is 23.4 Å². The van der Waals surface area contributed by atoms with Gasteiger partial charge in [-0.25, -0.2) is 0 Å². The third kappa shape index (κ3) is 2.31. The quantitative estimate of drug-likeness (QED) is 0.910. The van der Waals surface area contributed by atoms with Crippen molar-refractivity contribution in [1.82, 2.24) is 14.7 Å². The van der Waals surface area contributed by atoms with Crippen LogP contribution in [-0.2, 0) is 12.6 Å². The summed E-state index contributed by atoms with van der Waals surface area (Å²) >= 11 is 1.58. The number of aryl methyl sites for hydroxylation is 3. The monoisotopic (exact) mass is 345 g/mol. The molecule has 2 aromatic rings. The van der Waals surface area contributed by atoms with Crippen LogP contribution in [0.1, 0.15) is 51.5 Å². The highest BCUT2D eigenvalue weighted by Crippen LogP contribution is 2.46. The lowest BCUT2D eigenvalue weighted by molar-refractivity contribution is -0.0529. The van der Waals surface area contributed by atoms with E-state index >= 15 is 0 Å². The Bertz CT molecular complexity index is 761. The summed E-state index contributed by atoms with van der Waals surface area (Å²) in [5.41, 5.74) is 1.16. The number of thiophene rings is 1. The maximum absolute atomic E-state index is 13.0. The lowest BCUT2D eigenvalue weighted by Gasteiger charge is -2.43. The number of nitrogens with zero attached hydrogens (tertiary/aromatic N) is 3. The lowest BCUT2D eigenvalue weighted by Crippen LogP contribution is -2.52. The van der Waals surface area contributed by atoms with Gasteiger partial charge in [-0.05, 0) is 44.4 Å². The van der Waals surface area contributed by atoms with Crippen LogP contribution in [0.4, 0.5) is 0 Å². The van der Waals surface area contributed by atoms with Gasteiger partial charge in [0.1, 0.15) is 5.60 Å². The van der Waals surface area contributed by atoms with E-state index in [2.05, 4.69) is 18.9 Å². The molecule has 2 aromatic heterocycles. The fourth-order valence-electron chi connectivity index (χ4n) is 4.40. The van der Waals surface area contributed by atoms with Gasteiger partial charge in [-0.3, -0.25) is 9.48 Å². The molecule has 0 spiro atoms. The third-order valence-electron chi connectivity index (χ3n) is 5.68.